The first-order valence-electron chi connectivity index (χ1n) is 5.25. The van der Waals surface area contributed by atoms with Gasteiger partial charge in [-0.1, -0.05) is 6.92 Å². The van der Waals surface area contributed by atoms with Crippen LogP contribution in [0.5, 0.6) is 0 Å². The van der Waals surface area contributed by atoms with Gasteiger partial charge < -0.3 is 5.32 Å². The van der Waals surface area contributed by atoms with E-state index in [-0.39, 0.29) is 0 Å². The lowest BCUT2D eigenvalue weighted by molar-refractivity contribution is 0.0882. The van der Waals surface area contributed by atoms with E-state index in [1.54, 1.807) is 0 Å². The van der Waals surface area contributed by atoms with Crippen molar-refractivity contribution in [3.63, 3.8) is 0 Å². The lowest BCUT2D eigenvalue weighted by Crippen LogP contribution is -2.52. The van der Waals surface area contributed by atoms with Crippen LogP contribution in [-0.2, 0) is 0 Å². The summed E-state index contributed by atoms with van der Waals surface area (Å²) in [6.07, 6.45) is 0.0250. The largest absolute Gasteiger partial charge is 0.313 e. The van der Waals surface area contributed by atoms with Crippen LogP contribution >= 0.6 is 0 Å². The van der Waals surface area contributed by atoms with Gasteiger partial charge in [-0.05, 0) is 26.8 Å². The molecule has 1 heterocycles. The second-order valence-electron chi connectivity index (χ2n) is 4.14. The Morgan fingerprint density at radius 2 is 2.15 bits per heavy atom. The summed E-state index contributed by atoms with van der Waals surface area (Å²) in [6.45, 7) is 8.86. The summed E-state index contributed by atoms with van der Waals surface area (Å²) in [5, 5.41) is 3.32. The average molecular weight is 188 g/mol. The zero-order valence-electron chi connectivity index (χ0n) is 8.89. The molecule has 0 aromatic heterocycles. The first-order valence-corrected chi connectivity index (χ1v) is 5.25. The highest BCUT2D eigenvalue weighted by atomic mass is 19.1. The number of hydrogen-bond acceptors (Lipinski definition) is 2. The van der Waals surface area contributed by atoms with Crippen LogP contribution in [0.4, 0.5) is 4.39 Å². The van der Waals surface area contributed by atoms with E-state index in [0.717, 1.165) is 13.1 Å². The average Bonchev–Trinajstić information content (AvgIpc) is 2.03. The topological polar surface area (TPSA) is 15.3 Å². The van der Waals surface area contributed by atoms with Crippen molar-refractivity contribution in [2.75, 3.05) is 19.6 Å². The van der Waals surface area contributed by atoms with Crippen LogP contribution in [0.3, 0.4) is 0 Å². The smallest absolute Gasteiger partial charge is 0.114 e. The van der Waals surface area contributed by atoms with Gasteiger partial charge in [0.25, 0.3) is 0 Å². The van der Waals surface area contributed by atoms with Gasteiger partial charge in [-0.15, -0.1) is 0 Å². The molecule has 78 valence electrons. The van der Waals surface area contributed by atoms with Gasteiger partial charge in [0.2, 0.25) is 0 Å². The molecule has 1 aliphatic rings. The second kappa shape index (κ2) is 4.91. The molecule has 3 heteroatoms. The predicted molar refractivity (Wildman–Crippen MR) is 53.7 cm³/mol. The maximum Gasteiger partial charge on any atom is 0.114 e. The van der Waals surface area contributed by atoms with E-state index in [1.165, 1.54) is 0 Å². The molecule has 0 aromatic carbocycles. The van der Waals surface area contributed by atoms with Crippen LogP contribution in [-0.4, -0.2) is 42.8 Å². The molecular weight excluding hydrogens is 167 g/mol. The highest BCUT2D eigenvalue weighted by Crippen LogP contribution is 2.15. The highest BCUT2D eigenvalue weighted by molar-refractivity contribution is 4.84. The van der Waals surface area contributed by atoms with Crippen LogP contribution in [0.1, 0.15) is 27.2 Å². The maximum atomic E-state index is 13.3. The number of halogens is 1. The van der Waals surface area contributed by atoms with Crippen molar-refractivity contribution in [1.29, 1.82) is 0 Å². The van der Waals surface area contributed by atoms with E-state index in [0.29, 0.717) is 25.0 Å². The molecule has 1 saturated heterocycles. The summed E-state index contributed by atoms with van der Waals surface area (Å²) in [5.74, 6) is 0. The van der Waals surface area contributed by atoms with Gasteiger partial charge >= 0.3 is 0 Å². The molecule has 1 fully saturated rings. The SMILES string of the molecule is CCNC1CC(F)CN(C(C)C)C1. The van der Waals surface area contributed by atoms with Gasteiger partial charge in [-0.2, -0.15) is 0 Å². The molecule has 0 saturated carbocycles. The van der Waals surface area contributed by atoms with Crippen LogP contribution in [0.15, 0.2) is 0 Å². The highest BCUT2D eigenvalue weighted by Gasteiger charge is 2.27. The number of rotatable bonds is 3. The lowest BCUT2D eigenvalue weighted by atomic mass is 10.0. The molecule has 0 bridgehead atoms. The summed E-state index contributed by atoms with van der Waals surface area (Å²) < 4.78 is 13.3. The minimum absolute atomic E-state index is 0.344. The fourth-order valence-corrected chi connectivity index (χ4v) is 1.93. The minimum Gasteiger partial charge on any atom is -0.313 e. The Balaban J connectivity index is 2.42. The van der Waals surface area contributed by atoms with Gasteiger partial charge in [0, 0.05) is 25.2 Å². The van der Waals surface area contributed by atoms with Crippen LogP contribution in [0, 0.1) is 0 Å². The normalized spacial score (nSPS) is 31.2. The number of likely N-dealkylation sites (tertiary alicyclic amines) is 1. The molecule has 1 rings (SSSR count). The van der Waals surface area contributed by atoms with Crippen LogP contribution in [0.2, 0.25) is 0 Å². The van der Waals surface area contributed by atoms with Crippen molar-refractivity contribution in [3.8, 4) is 0 Å². The van der Waals surface area contributed by atoms with E-state index in [2.05, 4.69) is 31.0 Å². The molecule has 13 heavy (non-hydrogen) atoms. The van der Waals surface area contributed by atoms with Gasteiger partial charge in [0.1, 0.15) is 6.17 Å². The van der Waals surface area contributed by atoms with E-state index in [9.17, 15) is 4.39 Å². The fourth-order valence-electron chi connectivity index (χ4n) is 1.93. The van der Waals surface area contributed by atoms with Crippen LogP contribution < -0.4 is 5.32 Å². The molecule has 1 aliphatic heterocycles. The Kier molecular flexibility index (Phi) is 4.13. The Labute approximate surface area is 80.5 Å². The number of alkyl halides is 1. The maximum absolute atomic E-state index is 13.3. The van der Waals surface area contributed by atoms with E-state index < -0.39 is 6.17 Å². The molecule has 0 aliphatic carbocycles. The van der Waals surface area contributed by atoms with E-state index in [4.69, 9.17) is 0 Å². The van der Waals surface area contributed by atoms with Gasteiger partial charge in [0.15, 0.2) is 0 Å². The lowest BCUT2D eigenvalue weighted by Gasteiger charge is -2.37. The predicted octanol–water partition coefficient (Wildman–Crippen LogP) is 1.42. The molecular formula is C10H21FN2. The zero-order valence-corrected chi connectivity index (χ0v) is 8.89. The van der Waals surface area contributed by atoms with Crippen molar-refractivity contribution >= 4 is 0 Å². The third-order valence-corrected chi connectivity index (χ3v) is 2.65. The molecule has 0 radical (unpaired) electrons. The summed E-state index contributed by atoms with van der Waals surface area (Å²) in [4.78, 5) is 2.21. The third-order valence-electron chi connectivity index (χ3n) is 2.65. The molecule has 2 unspecified atom stereocenters. The fraction of sp³-hybridized carbons (Fsp3) is 1.00. The standard InChI is InChI=1S/C10H21FN2/c1-4-12-10-5-9(11)6-13(7-10)8(2)3/h8-10,12H,4-7H2,1-3H3. The van der Waals surface area contributed by atoms with Crippen molar-refractivity contribution in [3.05, 3.63) is 0 Å². The van der Waals surface area contributed by atoms with E-state index in [1.807, 2.05) is 0 Å². The van der Waals surface area contributed by atoms with E-state index >= 15 is 0 Å². The first-order chi connectivity index (χ1) is 6.13. The quantitative estimate of drug-likeness (QED) is 0.720. The molecule has 1 N–H and O–H groups in total. The summed E-state index contributed by atoms with van der Waals surface area (Å²) in [5.41, 5.74) is 0. The Bertz CT molecular complexity index is 150. The molecule has 0 spiro atoms. The Morgan fingerprint density at radius 3 is 2.69 bits per heavy atom. The Morgan fingerprint density at radius 1 is 1.46 bits per heavy atom. The van der Waals surface area contributed by atoms with Gasteiger partial charge in [-0.25, -0.2) is 4.39 Å². The second-order valence-corrected chi connectivity index (χ2v) is 4.14. The first kappa shape index (κ1) is 10.9. The molecule has 2 atom stereocenters. The monoisotopic (exact) mass is 188 g/mol. The summed E-state index contributed by atoms with van der Waals surface area (Å²) in [6, 6.07) is 0.802. The van der Waals surface area contributed by atoms with Gasteiger partial charge in [0.05, 0.1) is 0 Å². The Hall–Kier alpha value is -0.150. The third kappa shape index (κ3) is 3.24. The number of hydrogen-bond donors (Lipinski definition) is 1. The minimum atomic E-state index is -0.653. The molecule has 0 amide bonds. The zero-order chi connectivity index (χ0) is 9.84. The van der Waals surface area contributed by atoms with Crippen molar-refractivity contribution in [2.45, 2.75) is 45.4 Å². The summed E-state index contributed by atoms with van der Waals surface area (Å²) in [7, 11) is 0. The number of nitrogens with one attached hydrogen (secondary N) is 1. The molecule has 2 nitrogen and oxygen atoms in total. The van der Waals surface area contributed by atoms with Crippen molar-refractivity contribution in [2.24, 2.45) is 0 Å². The number of nitrogens with zero attached hydrogens (tertiary/aromatic N) is 1. The van der Waals surface area contributed by atoms with Crippen LogP contribution in [0.25, 0.3) is 0 Å². The molecule has 0 aromatic rings. The number of piperidine rings is 1. The van der Waals surface area contributed by atoms with Crippen molar-refractivity contribution in [1.82, 2.24) is 10.2 Å². The summed E-state index contributed by atoms with van der Waals surface area (Å²) >= 11 is 0. The van der Waals surface area contributed by atoms with Gasteiger partial charge in [-0.3, -0.25) is 4.90 Å². The van der Waals surface area contributed by atoms with Crippen molar-refractivity contribution < 1.29 is 4.39 Å². The number of likely N-dealkylation sites (N-methyl/N-ethyl adjacent to an activating group) is 1.